The first-order chi connectivity index (χ1) is 28.5. The van der Waals surface area contributed by atoms with E-state index in [1.165, 1.54) is 0 Å². The van der Waals surface area contributed by atoms with Crippen LogP contribution in [0, 0.1) is 0 Å². The van der Waals surface area contributed by atoms with Gasteiger partial charge in [0.25, 0.3) is 0 Å². The standard InChI is InChI=1S/C43H58ClN5O9S/c44-35-15-14-31(22-27(35)26-57-43(17-18-43)34-23-45-20-16-32(34)33-6-2-3-7-38(33)58-30-12-13-30)59-21-5-1-4-19-46-41(55)48-28-8-10-29(11-9-28)49-42(56)47-24-36(51)39(53)40(54)37(52)25-50/h2-3,6-7,14-16,20,22-23,28-30,36-37,39-40,50-54H,1,4-5,8-13,17-19,21,24-26H2,(H2,46,48,55)(H2,47,49,56)/t28?,29?,36-,37+,39+,40+/m0/s1. The number of para-hydroxylation sites is 1. The smallest absolute Gasteiger partial charge is 0.315 e. The van der Waals surface area contributed by atoms with Crippen LogP contribution >= 0.6 is 23.4 Å². The van der Waals surface area contributed by atoms with Crippen molar-refractivity contribution in [2.24, 2.45) is 0 Å². The fourth-order valence-electron chi connectivity index (χ4n) is 7.25. The van der Waals surface area contributed by atoms with Gasteiger partial charge in [0.2, 0.25) is 0 Å². The largest absolute Gasteiger partial charge is 0.490 e. The predicted octanol–water partition coefficient (Wildman–Crippen LogP) is 4.76. The number of carbonyl (C=O) groups excluding carboxylic acids is 2. The second-order valence-electron chi connectivity index (χ2n) is 15.8. The Morgan fingerprint density at radius 2 is 1.54 bits per heavy atom. The van der Waals surface area contributed by atoms with E-state index < -0.39 is 42.7 Å². The minimum absolute atomic E-state index is 0.00424. The van der Waals surface area contributed by atoms with Crippen LogP contribution in [0.25, 0.3) is 11.1 Å². The molecule has 1 heterocycles. The summed E-state index contributed by atoms with van der Waals surface area (Å²) in [7, 11) is 0. The van der Waals surface area contributed by atoms with Gasteiger partial charge in [0, 0.05) is 58.6 Å². The molecule has 4 atom stereocenters. The van der Waals surface area contributed by atoms with E-state index in [9.17, 15) is 30.0 Å². The maximum Gasteiger partial charge on any atom is 0.315 e. The molecule has 6 rings (SSSR count). The molecule has 0 aliphatic heterocycles. The Bertz CT molecular complexity index is 1830. The van der Waals surface area contributed by atoms with Crippen molar-refractivity contribution in [3.63, 3.8) is 0 Å². The van der Waals surface area contributed by atoms with Crippen molar-refractivity contribution < 1.29 is 44.6 Å². The number of hydrogen-bond donors (Lipinski definition) is 9. The molecule has 3 aromatic rings. The highest BCUT2D eigenvalue weighted by Gasteiger charge is 2.48. The van der Waals surface area contributed by atoms with Gasteiger partial charge in [-0.25, -0.2) is 9.59 Å². The van der Waals surface area contributed by atoms with Gasteiger partial charge >= 0.3 is 12.1 Å². The molecule has 59 heavy (non-hydrogen) atoms. The number of urea groups is 2. The number of pyridine rings is 1. The van der Waals surface area contributed by atoms with E-state index in [0.29, 0.717) is 50.0 Å². The van der Waals surface area contributed by atoms with Crippen LogP contribution in [0.4, 0.5) is 9.59 Å². The molecule has 0 unspecified atom stereocenters. The van der Waals surface area contributed by atoms with E-state index in [1.54, 1.807) is 11.8 Å². The van der Waals surface area contributed by atoms with Gasteiger partial charge in [0.05, 0.1) is 31.0 Å². The lowest BCUT2D eigenvalue weighted by Gasteiger charge is -2.30. The average Bonchev–Trinajstić information content (AvgIpc) is 4.20. The number of unbranched alkanes of at least 4 members (excludes halogenated alkanes) is 2. The summed E-state index contributed by atoms with van der Waals surface area (Å²) >= 11 is 8.45. The summed E-state index contributed by atoms with van der Waals surface area (Å²) in [5.74, 6) is 1.84. The van der Waals surface area contributed by atoms with Crippen LogP contribution in [0.15, 0.2) is 65.8 Å². The molecule has 0 spiro atoms. The Labute approximate surface area is 354 Å². The number of carbonyl (C=O) groups is 2. The van der Waals surface area contributed by atoms with Crippen molar-refractivity contribution in [3.05, 3.63) is 77.1 Å². The number of aromatic nitrogens is 1. The summed E-state index contributed by atoms with van der Waals surface area (Å²) in [4.78, 5) is 30.4. The number of benzene rings is 2. The highest BCUT2D eigenvalue weighted by molar-refractivity contribution is 7.99. The zero-order valence-corrected chi connectivity index (χ0v) is 34.8. The second kappa shape index (κ2) is 21.7. The number of hydrogen-bond acceptors (Lipinski definition) is 11. The van der Waals surface area contributed by atoms with E-state index in [1.807, 2.05) is 42.7 Å². The van der Waals surface area contributed by atoms with Crippen LogP contribution < -0.4 is 26.0 Å². The first-order valence-corrected chi connectivity index (χ1v) is 22.1. The lowest BCUT2D eigenvalue weighted by Crippen LogP contribution is -2.52. The Hall–Kier alpha value is -3.67. The molecule has 3 aliphatic rings. The zero-order valence-electron chi connectivity index (χ0n) is 33.2. The molecule has 14 nitrogen and oxygen atoms in total. The summed E-state index contributed by atoms with van der Waals surface area (Å²) in [6.45, 7) is -0.167. The lowest BCUT2D eigenvalue weighted by atomic mass is 9.91. The van der Waals surface area contributed by atoms with Crippen LogP contribution in [-0.2, 0) is 16.9 Å². The van der Waals surface area contributed by atoms with Crippen molar-refractivity contribution in [2.45, 2.75) is 130 Å². The number of amides is 4. The first kappa shape index (κ1) is 44.9. The predicted molar refractivity (Wildman–Crippen MR) is 225 cm³/mol. The molecule has 4 amide bonds. The number of thioether (sulfide) groups is 1. The lowest BCUT2D eigenvalue weighted by molar-refractivity contribution is -0.113. The molecule has 16 heteroatoms. The normalized spacial score (nSPS) is 20.4. The van der Waals surface area contributed by atoms with Gasteiger partial charge < -0.3 is 56.3 Å². The quantitative estimate of drug-likeness (QED) is 0.0497. The molecule has 0 radical (unpaired) electrons. The summed E-state index contributed by atoms with van der Waals surface area (Å²) in [5, 5.41) is 59.8. The summed E-state index contributed by atoms with van der Waals surface area (Å²) in [5.41, 5.74) is 3.79. The maximum absolute atomic E-state index is 12.5. The number of rotatable bonds is 22. The first-order valence-electron chi connectivity index (χ1n) is 20.7. The van der Waals surface area contributed by atoms with E-state index in [0.717, 1.165) is 83.6 Å². The summed E-state index contributed by atoms with van der Waals surface area (Å²) in [6, 6.07) is 15.5. The molecule has 0 bridgehead atoms. The number of nitrogens with zero attached hydrogens (tertiary/aromatic N) is 1. The fraction of sp³-hybridized carbons (Fsp3) is 0.558. The van der Waals surface area contributed by atoms with Gasteiger partial charge in [0.1, 0.15) is 24.1 Å². The monoisotopic (exact) mass is 855 g/mol. The number of aliphatic hydroxyl groups excluding tert-OH is 5. The van der Waals surface area contributed by atoms with E-state index >= 15 is 0 Å². The molecule has 3 fully saturated rings. The number of ether oxygens (including phenoxy) is 2. The van der Waals surface area contributed by atoms with Crippen LogP contribution in [0.2, 0.25) is 5.02 Å². The van der Waals surface area contributed by atoms with Gasteiger partial charge in [-0.3, -0.25) is 4.98 Å². The molecule has 1 aromatic heterocycles. The molecule has 9 N–H and O–H groups in total. The van der Waals surface area contributed by atoms with Crippen molar-refractivity contribution >= 4 is 35.4 Å². The Kier molecular flexibility index (Phi) is 16.5. The minimum atomic E-state index is -1.76. The number of aliphatic hydroxyl groups is 5. The van der Waals surface area contributed by atoms with Gasteiger partial charge in [-0.2, -0.15) is 0 Å². The highest BCUT2D eigenvalue weighted by atomic mass is 35.5. The second-order valence-corrected chi connectivity index (χ2v) is 17.4. The molecular weight excluding hydrogens is 798 g/mol. The molecule has 3 saturated carbocycles. The highest BCUT2D eigenvalue weighted by Crippen LogP contribution is 2.53. The van der Waals surface area contributed by atoms with Crippen molar-refractivity contribution in [2.75, 3.05) is 25.4 Å². The average molecular weight is 856 g/mol. The minimum Gasteiger partial charge on any atom is -0.490 e. The van der Waals surface area contributed by atoms with Crippen molar-refractivity contribution in [1.82, 2.24) is 26.3 Å². The van der Waals surface area contributed by atoms with E-state index in [4.69, 9.17) is 26.2 Å². The molecule has 322 valence electrons. The molecule has 3 aliphatic carbocycles. The third-order valence-electron chi connectivity index (χ3n) is 11.1. The van der Waals surface area contributed by atoms with E-state index in [2.05, 4.69) is 44.5 Å². The van der Waals surface area contributed by atoms with Crippen molar-refractivity contribution in [3.8, 4) is 16.9 Å². The van der Waals surface area contributed by atoms with Crippen LogP contribution in [-0.4, -0.2) is 111 Å². The van der Waals surface area contributed by atoms with Crippen molar-refractivity contribution in [1.29, 1.82) is 0 Å². The SMILES string of the molecule is O=C(NCCCCCSc1ccc(Cl)c(COC2(c3cnccc3-c3ccccc3OC3CC3)CC2)c1)NC1CCC(NC(=O)NC[C@H](O)[C@@H](O)[C@H](O)[C@H](O)CO)CC1. The molecular formula is C43H58ClN5O9S. The molecule has 2 aromatic carbocycles. The van der Waals surface area contributed by atoms with Gasteiger partial charge in [0.15, 0.2) is 0 Å². The Morgan fingerprint density at radius 3 is 2.24 bits per heavy atom. The van der Waals surface area contributed by atoms with Crippen LogP contribution in [0.3, 0.4) is 0 Å². The third-order valence-corrected chi connectivity index (χ3v) is 12.6. The van der Waals surface area contributed by atoms with E-state index in [-0.39, 0.29) is 24.7 Å². The van der Waals surface area contributed by atoms with Gasteiger partial charge in [-0.1, -0.05) is 36.2 Å². The summed E-state index contributed by atoms with van der Waals surface area (Å²) in [6.07, 6.45) is 6.96. The number of halogens is 1. The third kappa shape index (κ3) is 13.2. The van der Waals surface area contributed by atoms with Gasteiger partial charge in [-0.05, 0) is 111 Å². The topological polar surface area (TPSA) is 215 Å². The number of nitrogens with one attached hydrogen (secondary N) is 4. The zero-order chi connectivity index (χ0) is 41.8. The Balaban J connectivity index is 0.840. The van der Waals surface area contributed by atoms with Crippen LogP contribution in [0.5, 0.6) is 5.75 Å². The van der Waals surface area contributed by atoms with Gasteiger partial charge in [-0.15, -0.1) is 11.8 Å². The fourth-order valence-corrected chi connectivity index (χ4v) is 8.40. The summed E-state index contributed by atoms with van der Waals surface area (Å²) < 4.78 is 12.9. The molecule has 0 saturated heterocycles. The van der Waals surface area contributed by atoms with Crippen LogP contribution in [0.1, 0.15) is 81.8 Å². The Morgan fingerprint density at radius 1 is 0.847 bits per heavy atom. The maximum atomic E-state index is 12.5.